The van der Waals surface area contributed by atoms with E-state index in [2.05, 4.69) is 21.7 Å². The number of thiocarbonyl (C=S) groups is 1. The Morgan fingerprint density at radius 1 is 2.00 bits per heavy atom. The van der Waals surface area contributed by atoms with Gasteiger partial charge in [0, 0.05) is 0 Å². The minimum absolute atomic E-state index is 0.917. The number of rotatable bonds is 1. The van der Waals surface area contributed by atoms with Gasteiger partial charge in [-0.3, -0.25) is 9.09 Å². The molecule has 1 aliphatic heterocycles. The first-order chi connectivity index (χ1) is 3.67. The van der Waals surface area contributed by atoms with E-state index in [0.717, 1.165) is 0 Å². The molecule has 0 aromatic heterocycles. The summed E-state index contributed by atoms with van der Waals surface area (Å²) in [7, 11) is -3.31. The third-order valence-electron chi connectivity index (χ3n) is 0.642. The van der Waals surface area contributed by atoms with Crippen LogP contribution in [0.5, 0.6) is 0 Å². The quantitative estimate of drug-likeness (QED) is 0.258. The highest BCUT2D eigenvalue weighted by atomic mass is 32.1. The van der Waals surface area contributed by atoms with Crippen LogP contribution in [-0.2, 0) is 9.09 Å². The molecule has 1 saturated heterocycles. The summed E-state index contributed by atoms with van der Waals surface area (Å²) in [6.45, 7) is 0. The Labute approximate surface area is 50.7 Å². The van der Waals surface area contributed by atoms with Crippen molar-refractivity contribution in [1.82, 2.24) is 0 Å². The summed E-state index contributed by atoms with van der Waals surface area (Å²) >= 11 is 4.14. The van der Waals surface area contributed by atoms with Gasteiger partial charge in [-0.05, 0) is 12.2 Å². The molecule has 4 nitrogen and oxygen atoms in total. The van der Waals surface area contributed by atoms with Crippen LogP contribution in [0.4, 0.5) is 0 Å². The normalized spacial score (nSPS) is 42.9. The van der Waals surface area contributed by atoms with Crippen molar-refractivity contribution < 1.29 is 14.0 Å². The Morgan fingerprint density at radius 3 is 2.62 bits per heavy atom. The zero-order chi connectivity index (χ0) is 6.20. The van der Waals surface area contributed by atoms with Crippen LogP contribution in [-0.4, -0.2) is 16.0 Å². The van der Waals surface area contributed by atoms with Crippen molar-refractivity contribution >= 4 is 25.0 Å². The number of aliphatic imine (C=N–C) groups is 1. The lowest BCUT2D eigenvalue weighted by molar-refractivity contribution is 0.414. The van der Waals surface area contributed by atoms with E-state index in [9.17, 15) is 4.57 Å². The standard InChI is InChI=1S/C2H2NO3PS/c4-7(5)2(6-7)3-1-8/h2H,(H,4,5). The third-order valence-corrected chi connectivity index (χ3v) is 1.82. The maximum absolute atomic E-state index is 10.2. The van der Waals surface area contributed by atoms with Crippen LogP contribution < -0.4 is 0 Å². The van der Waals surface area contributed by atoms with Crippen molar-refractivity contribution in [3.8, 4) is 0 Å². The van der Waals surface area contributed by atoms with Crippen LogP contribution >= 0.6 is 19.8 Å². The van der Waals surface area contributed by atoms with Gasteiger partial charge in [0.1, 0.15) is 0 Å². The van der Waals surface area contributed by atoms with Gasteiger partial charge in [-0.1, -0.05) is 0 Å². The van der Waals surface area contributed by atoms with E-state index in [0.29, 0.717) is 0 Å². The molecule has 0 aliphatic carbocycles. The van der Waals surface area contributed by atoms with Gasteiger partial charge in [-0.2, -0.15) is 4.99 Å². The zero-order valence-corrected chi connectivity index (χ0v) is 5.35. The summed E-state index contributed by atoms with van der Waals surface area (Å²) < 4.78 is 14.4. The minimum atomic E-state index is -3.31. The fraction of sp³-hybridized carbons (Fsp3) is 0.500. The molecule has 0 bridgehead atoms. The molecular formula is C2H2NO3PS. The lowest BCUT2D eigenvalue weighted by Gasteiger charge is -1.67. The molecule has 6 heteroatoms. The van der Waals surface area contributed by atoms with Crippen LogP contribution in [0.25, 0.3) is 0 Å². The van der Waals surface area contributed by atoms with E-state index in [-0.39, 0.29) is 0 Å². The largest absolute Gasteiger partial charge is 0.382 e. The summed E-state index contributed by atoms with van der Waals surface area (Å²) in [6, 6.07) is 0. The molecule has 1 fully saturated rings. The maximum Gasteiger partial charge on any atom is 0.382 e. The minimum Gasteiger partial charge on any atom is -0.321 e. The number of nitrogens with zero attached hydrogens (tertiary/aromatic N) is 1. The first-order valence-corrected chi connectivity index (χ1v) is 3.80. The smallest absolute Gasteiger partial charge is 0.321 e. The molecule has 0 saturated carbocycles. The number of hydrogen-bond acceptors (Lipinski definition) is 4. The molecule has 44 valence electrons. The second kappa shape index (κ2) is 1.72. The highest BCUT2D eigenvalue weighted by Crippen LogP contribution is 2.66. The predicted octanol–water partition coefficient (Wildman–Crippen LogP) is 0.588. The lowest BCUT2D eigenvalue weighted by atomic mass is 11.3. The van der Waals surface area contributed by atoms with Crippen molar-refractivity contribution in [3.63, 3.8) is 0 Å². The maximum atomic E-state index is 10.2. The van der Waals surface area contributed by atoms with Crippen molar-refractivity contribution in [2.75, 3.05) is 0 Å². The molecule has 2 unspecified atom stereocenters. The lowest BCUT2D eigenvalue weighted by Crippen LogP contribution is -1.68. The summed E-state index contributed by atoms with van der Waals surface area (Å²) in [5.41, 5.74) is 0. The van der Waals surface area contributed by atoms with Crippen molar-refractivity contribution in [3.05, 3.63) is 0 Å². The topological polar surface area (TPSA) is 62.2 Å². The molecule has 0 aromatic rings. The van der Waals surface area contributed by atoms with Crippen molar-refractivity contribution in [1.29, 1.82) is 0 Å². The highest BCUT2D eigenvalue weighted by Gasteiger charge is 2.52. The fourth-order valence-corrected chi connectivity index (χ4v) is 1.13. The fourth-order valence-electron chi connectivity index (χ4n) is 0.249. The first-order valence-electron chi connectivity index (χ1n) is 1.74. The summed E-state index contributed by atoms with van der Waals surface area (Å²) in [5.74, 6) is -0.917. The zero-order valence-electron chi connectivity index (χ0n) is 3.64. The van der Waals surface area contributed by atoms with Gasteiger partial charge in [0.2, 0.25) is 0 Å². The summed E-state index contributed by atoms with van der Waals surface area (Å²) in [4.78, 5) is 11.6. The van der Waals surface area contributed by atoms with E-state index in [1.807, 2.05) is 5.16 Å². The average molecular weight is 151 g/mol. The van der Waals surface area contributed by atoms with Crippen LogP contribution in [0.3, 0.4) is 0 Å². The van der Waals surface area contributed by atoms with Gasteiger partial charge in [-0.15, -0.1) is 0 Å². The molecule has 1 aliphatic rings. The third kappa shape index (κ3) is 1.02. The Hall–Kier alpha value is -0.0500. The average Bonchev–Trinajstić information content (AvgIpc) is 2.15. The first kappa shape index (κ1) is 6.08. The molecule has 0 aromatic carbocycles. The van der Waals surface area contributed by atoms with Gasteiger partial charge >= 0.3 is 7.60 Å². The molecule has 0 radical (unpaired) electrons. The SMILES string of the molecule is O=P1(O)OC1N=C=S. The van der Waals surface area contributed by atoms with Crippen LogP contribution in [0, 0.1) is 0 Å². The Morgan fingerprint density at radius 2 is 2.50 bits per heavy atom. The predicted molar refractivity (Wildman–Crippen MR) is 29.7 cm³/mol. The highest BCUT2D eigenvalue weighted by molar-refractivity contribution is 7.78. The van der Waals surface area contributed by atoms with Crippen molar-refractivity contribution in [2.45, 2.75) is 5.97 Å². The monoisotopic (exact) mass is 151 g/mol. The van der Waals surface area contributed by atoms with Crippen LogP contribution in [0.2, 0.25) is 0 Å². The Balaban J connectivity index is 2.61. The van der Waals surface area contributed by atoms with Gasteiger partial charge in [0.05, 0.1) is 5.16 Å². The van der Waals surface area contributed by atoms with E-state index < -0.39 is 13.6 Å². The molecular weight excluding hydrogens is 149 g/mol. The Kier molecular flexibility index (Phi) is 1.31. The molecule has 1 rings (SSSR count). The van der Waals surface area contributed by atoms with Crippen LogP contribution in [0.1, 0.15) is 0 Å². The molecule has 0 spiro atoms. The Bertz CT molecular complexity index is 197. The number of isothiocyanates is 1. The van der Waals surface area contributed by atoms with Gasteiger partial charge < -0.3 is 4.89 Å². The van der Waals surface area contributed by atoms with Gasteiger partial charge in [-0.25, -0.2) is 0 Å². The van der Waals surface area contributed by atoms with Gasteiger partial charge in [0.15, 0.2) is 0 Å². The summed E-state index contributed by atoms with van der Waals surface area (Å²) in [6.07, 6.45) is 0. The van der Waals surface area contributed by atoms with E-state index in [4.69, 9.17) is 4.89 Å². The second-order valence-corrected chi connectivity index (χ2v) is 3.18. The van der Waals surface area contributed by atoms with Crippen molar-refractivity contribution in [2.24, 2.45) is 4.99 Å². The molecule has 2 atom stereocenters. The summed E-state index contributed by atoms with van der Waals surface area (Å²) in [5, 5.41) is 1.94. The van der Waals surface area contributed by atoms with Crippen LogP contribution in [0.15, 0.2) is 4.99 Å². The van der Waals surface area contributed by atoms with E-state index in [1.165, 1.54) is 0 Å². The molecule has 0 amide bonds. The number of hydrogen-bond donors (Lipinski definition) is 1. The van der Waals surface area contributed by atoms with E-state index >= 15 is 0 Å². The molecule has 1 N–H and O–H groups in total. The second-order valence-electron chi connectivity index (χ2n) is 1.22. The molecule has 8 heavy (non-hydrogen) atoms. The molecule has 1 heterocycles. The van der Waals surface area contributed by atoms with E-state index in [1.54, 1.807) is 0 Å². The van der Waals surface area contributed by atoms with Gasteiger partial charge in [0.25, 0.3) is 5.97 Å².